The fraction of sp³-hybridized carbons (Fsp3) is 0.667. The van der Waals surface area contributed by atoms with E-state index in [1.54, 1.807) is 0 Å². The van der Waals surface area contributed by atoms with Gasteiger partial charge < -0.3 is 5.32 Å². The standard InChI is InChI=1S/C18H30N2/c1-5-18(16-10-8-15(4)9-11-16)20(14(2)3)13-17-7-6-12-19-17/h8-11,14,17-19H,5-7,12-13H2,1-4H3. The van der Waals surface area contributed by atoms with Gasteiger partial charge in [-0.2, -0.15) is 0 Å². The third kappa shape index (κ3) is 3.83. The predicted octanol–water partition coefficient (Wildman–Crippen LogP) is 3.91. The lowest BCUT2D eigenvalue weighted by atomic mass is 9.99. The van der Waals surface area contributed by atoms with Crippen molar-refractivity contribution in [3.8, 4) is 0 Å². The van der Waals surface area contributed by atoms with Crippen LogP contribution < -0.4 is 5.32 Å². The summed E-state index contributed by atoms with van der Waals surface area (Å²) in [4.78, 5) is 2.67. The Balaban J connectivity index is 2.13. The lowest BCUT2D eigenvalue weighted by molar-refractivity contribution is 0.135. The number of hydrogen-bond acceptors (Lipinski definition) is 2. The van der Waals surface area contributed by atoms with Gasteiger partial charge in [0, 0.05) is 24.7 Å². The van der Waals surface area contributed by atoms with Crippen LogP contribution in [0.15, 0.2) is 24.3 Å². The van der Waals surface area contributed by atoms with Gasteiger partial charge in [0.05, 0.1) is 0 Å². The molecule has 0 spiro atoms. The highest BCUT2D eigenvalue weighted by molar-refractivity contribution is 5.24. The lowest BCUT2D eigenvalue weighted by Gasteiger charge is -2.36. The smallest absolute Gasteiger partial charge is 0.0348 e. The van der Waals surface area contributed by atoms with Gasteiger partial charge in [0.25, 0.3) is 0 Å². The summed E-state index contributed by atoms with van der Waals surface area (Å²) in [6.07, 6.45) is 3.83. The second-order valence-corrected chi connectivity index (χ2v) is 6.42. The van der Waals surface area contributed by atoms with E-state index in [1.807, 2.05) is 0 Å². The van der Waals surface area contributed by atoms with Crippen LogP contribution in [0.2, 0.25) is 0 Å². The Morgan fingerprint density at radius 3 is 2.45 bits per heavy atom. The predicted molar refractivity (Wildman–Crippen MR) is 87.1 cm³/mol. The molecule has 0 radical (unpaired) electrons. The van der Waals surface area contributed by atoms with Crippen LogP contribution in [-0.2, 0) is 0 Å². The van der Waals surface area contributed by atoms with Crippen molar-refractivity contribution in [2.45, 2.75) is 65.1 Å². The third-order valence-corrected chi connectivity index (χ3v) is 4.51. The molecule has 2 unspecified atom stereocenters. The van der Waals surface area contributed by atoms with Crippen molar-refractivity contribution < 1.29 is 0 Å². The van der Waals surface area contributed by atoms with Crippen molar-refractivity contribution in [1.29, 1.82) is 0 Å². The van der Waals surface area contributed by atoms with Crippen LogP contribution in [0.4, 0.5) is 0 Å². The lowest BCUT2D eigenvalue weighted by Crippen LogP contribution is -2.43. The van der Waals surface area contributed by atoms with E-state index in [0.717, 1.165) is 0 Å². The molecule has 20 heavy (non-hydrogen) atoms. The van der Waals surface area contributed by atoms with Crippen LogP contribution in [0, 0.1) is 6.92 Å². The van der Waals surface area contributed by atoms with Crippen molar-refractivity contribution in [3.63, 3.8) is 0 Å². The molecule has 0 aromatic heterocycles. The van der Waals surface area contributed by atoms with E-state index in [0.29, 0.717) is 18.1 Å². The number of hydrogen-bond donors (Lipinski definition) is 1. The summed E-state index contributed by atoms with van der Waals surface area (Å²) in [6.45, 7) is 11.5. The van der Waals surface area contributed by atoms with Crippen molar-refractivity contribution >= 4 is 0 Å². The van der Waals surface area contributed by atoms with Gasteiger partial charge in [0.1, 0.15) is 0 Å². The van der Waals surface area contributed by atoms with Crippen LogP contribution in [0.1, 0.15) is 57.2 Å². The molecule has 1 aromatic carbocycles. The van der Waals surface area contributed by atoms with Gasteiger partial charge in [0.15, 0.2) is 0 Å². The Kier molecular flexibility index (Phi) is 5.62. The molecule has 2 atom stereocenters. The van der Waals surface area contributed by atoms with Crippen LogP contribution in [0.3, 0.4) is 0 Å². The van der Waals surface area contributed by atoms with Gasteiger partial charge in [0.2, 0.25) is 0 Å². The summed E-state index contributed by atoms with van der Waals surface area (Å²) in [7, 11) is 0. The van der Waals surface area contributed by atoms with E-state index in [1.165, 1.54) is 43.5 Å². The average molecular weight is 274 g/mol. The Hall–Kier alpha value is -0.860. The molecule has 0 amide bonds. The Morgan fingerprint density at radius 2 is 1.95 bits per heavy atom. The topological polar surface area (TPSA) is 15.3 Å². The van der Waals surface area contributed by atoms with E-state index < -0.39 is 0 Å². The van der Waals surface area contributed by atoms with Gasteiger partial charge in [-0.15, -0.1) is 0 Å². The zero-order valence-corrected chi connectivity index (χ0v) is 13.5. The summed E-state index contributed by atoms with van der Waals surface area (Å²) in [5.41, 5.74) is 2.81. The molecule has 1 aliphatic heterocycles. The number of nitrogens with one attached hydrogen (secondary N) is 1. The first kappa shape index (κ1) is 15.5. The maximum absolute atomic E-state index is 3.64. The number of benzene rings is 1. The molecule has 0 aliphatic carbocycles. The molecule has 112 valence electrons. The van der Waals surface area contributed by atoms with Crippen molar-refractivity contribution in [2.24, 2.45) is 0 Å². The molecule has 1 aromatic rings. The van der Waals surface area contributed by atoms with Crippen LogP contribution in [0.25, 0.3) is 0 Å². The summed E-state index contributed by atoms with van der Waals surface area (Å²) in [6, 6.07) is 10.9. The third-order valence-electron chi connectivity index (χ3n) is 4.51. The Morgan fingerprint density at radius 1 is 1.25 bits per heavy atom. The summed E-state index contributed by atoms with van der Waals surface area (Å²) < 4.78 is 0. The zero-order valence-electron chi connectivity index (χ0n) is 13.5. The van der Waals surface area contributed by atoms with E-state index in [-0.39, 0.29) is 0 Å². The molecular weight excluding hydrogens is 244 g/mol. The minimum Gasteiger partial charge on any atom is -0.313 e. The summed E-state index contributed by atoms with van der Waals surface area (Å²) in [5.74, 6) is 0. The second kappa shape index (κ2) is 7.24. The van der Waals surface area contributed by atoms with E-state index in [9.17, 15) is 0 Å². The average Bonchev–Trinajstić information content (AvgIpc) is 2.93. The minimum absolute atomic E-state index is 0.540. The maximum atomic E-state index is 3.64. The quantitative estimate of drug-likeness (QED) is 0.846. The number of nitrogens with zero attached hydrogens (tertiary/aromatic N) is 1. The monoisotopic (exact) mass is 274 g/mol. The first-order chi connectivity index (χ1) is 9.61. The Labute approximate surface area is 124 Å². The minimum atomic E-state index is 0.540. The van der Waals surface area contributed by atoms with Crippen LogP contribution >= 0.6 is 0 Å². The number of aryl methyl sites for hydroxylation is 1. The van der Waals surface area contributed by atoms with E-state index in [2.05, 4.69) is 62.2 Å². The van der Waals surface area contributed by atoms with Crippen LogP contribution in [0.5, 0.6) is 0 Å². The molecule has 0 bridgehead atoms. The van der Waals surface area contributed by atoms with Crippen molar-refractivity contribution in [3.05, 3.63) is 35.4 Å². The molecule has 1 N–H and O–H groups in total. The number of rotatable bonds is 6. The molecule has 1 saturated heterocycles. The first-order valence-corrected chi connectivity index (χ1v) is 8.17. The summed E-state index contributed by atoms with van der Waals surface area (Å²) in [5, 5.41) is 3.64. The molecule has 2 rings (SSSR count). The van der Waals surface area contributed by atoms with E-state index >= 15 is 0 Å². The molecular formula is C18H30N2. The SMILES string of the molecule is CCC(c1ccc(C)cc1)N(CC1CCCN1)C(C)C. The van der Waals surface area contributed by atoms with Gasteiger partial charge in [-0.05, 0) is 52.1 Å². The van der Waals surface area contributed by atoms with Gasteiger partial charge in [-0.25, -0.2) is 0 Å². The highest BCUT2D eigenvalue weighted by Crippen LogP contribution is 2.27. The maximum Gasteiger partial charge on any atom is 0.0348 e. The van der Waals surface area contributed by atoms with Gasteiger partial charge in [-0.3, -0.25) is 4.90 Å². The van der Waals surface area contributed by atoms with E-state index in [4.69, 9.17) is 0 Å². The zero-order chi connectivity index (χ0) is 14.5. The first-order valence-electron chi connectivity index (χ1n) is 8.17. The van der Waals surface area contributed by atoms with Gasteiger partial charge in [-0.1, -0.05) is 36.8 Å². The van der Waals surface area contributed by atoms with Crippen LogP contribution in [-0.4, -0.2) is 30.1 Å². The fourth-order valence-corrected chi connectivity index (χ4v) is 3.32. The largest absolute Gasteiger partial charge is 0.313 e. The van der Waals surface area contributed by atoms with Crippen molar-refractivity contribution in [1.82, 2.24) is 10.2 Å². The Bertz CT molecular complexity index is 390. The van der Waals surface area contributed by atoms with Gasteiger partial charge >= 0.3 is 0 Å². The molecule has 2 nitrogen and oxygen atoms in total. The van der Waals surface area contributed by atoms with Crippen molar-refractivity contribution in [2.75, 3.05) is 13.1 Å². The highest BCUT2D eigenvalue weighted by Gasteiger charge is 2.25. The fourth-order valence-electron chi connectivity index (χ4n) is 3.32. The molecule has 1 heterocycles. The molecule has 1 aliphatic rings. The molecule has 0 saturated carbocycles. The summed E-state index contributed by atoms with van der Waals surface area (Å²) >= 11 is 0. The molecule has 2 heteroatoms. The normalized spacial score (nSPS) is 20.8. The highest BCUT2D eigenvalue weighted by atomic mass is 15.2. The molecule has 1 fully saturated rings. The second-order valence-electron chi connectivity index (χ2n) is 6.42.